The number of Topliss-reactive ketones (excluding diaryl/α,β-unsaturated/α-hetero) is 1. The first-order valence-corrected chi connectivity index (χ1v) is 10.7. The standard InChI is InChI=1S/C16H22OS3/c1-18-12-9-13(19-2)15(14(10-12)20-3)16(17)11-7-5-4-6-8-11/h4-8,12-15H,9-10H2,1-3H3. The first-order chi connectivity index (χ1) is 9.71. The number of carbonyl (C=O) groups is 1. The predicted octanol–water partition coefficient (Wildman–Crippen LogP) is 4.47. The molecular weight excluding hydrogens is 304 g/mol. The van der Waals surface area contributed by atoms with Gasteiger partial charge in [-0.05, 0) is 31.6 Å². The van der Waals surface area contributed by atoms with E-state index in [4.69, 9.17) is 0 Å². The first kappa shape index (κ1) is 16.3. The number of ketones is 1. The maximum absolute atomic E-state index is 12.9. The van der Waals surface area contributed by atoms with E-state index in [9.17, 15) is 4.79 Å². The molecule has 2 rings (SSSR count). The number of benzene rings is 1. The van der Waals surface area contributed by atoms with Crippen LogP contribution < -0.4 is 0 Å². The summed E-state index contributed by atoms with van der Waals surface area (Å²) >= 11 is 5.69. The second-order valence-electron chi connectivity index (χ2n) is 5.13. The molecule has 0 N–H and O–H groups in total. The van der Waals surface area contributed by atoms with Gasteiger partial charge < -0.3 is 0 Å². The van der Waals surface area contributed by atoms with E-state index < -0.39 is 0 Å². The molecule has 0 bridgehead atoms. The van der Waals surface area contributed by atoms with Crippen molar-refractivity contribution in [3.8, 4) is 0 Å². The number of thioether (sulfide) groups is 3. The molecule has 110 valence electrons. The van der Waals surface area contributed by atoms with Gasteiger partial charge >= 0.3 is 0 Å². The SMILES string of the molecule is CSC1CC(SC)C(C(=O)c2ccccc2)C(SC)C1. The summed E-state index contributed by atoms with van der Waals surface area (Å²) in [6.45, 7) is 0. The van der Waals surface area contributed by atoms with Crippen molar-refractivity contribution in [2.45, 2.75) is 28.6 Å². The fourth-order valence-corrected chi connectivity index (χ4v) is 6.16. The van der Waals surface area contributed by atoms with Crippen molar-refractivity contribution in [1.82, 2.24) is 0 Å². The Labute approximate surface area is 135 Å². The maximum Gasteiger partial charge on any atom is 0.168 e. The topological polar surface area (TPSA) is 17.1 Å². The van der Waals surface area contributed by atoms with Crippen LogP contribution in [-0.4, -0.2) is 40.3 Å². The van der Waals surface area contributed by atoms with E-state index in [0.717, 1.165) is 18.4 Å². The number of rotatable bonds is 5. The molecule has 0 radical (unpaired) electrons. The van der Waals surface area contributed by atoms with E-state index >= 15 is 0 Å². The summed E-state index contributed by atoms with van der Waals surface area (Å²) in [5, 5.41) is 1.60. The van der Waals surface area contributed by atoms with E-state index in [-0.39, 0.29) is 5.92 Å². The van der Waals surface area contributed by atoms with E-state index in [1.165, 1.54) is 0 Å². The molecule has 20 heavy (non-hydrogen) atoms. The van der Waals surface area contributed by atoms with E-state index in [1.54, 1.807) is 0 Å². The Morgan fingerprint density at radius 1 is 0.950 bits per heavy atom. The highest BCUT2D eigenvalue weighted by Crippen LogP contribution is 2.42. The molecule has 0 aliphatic heterocycles. The minimum atomic E-state index is 0.158. The van der Waals surface area contributed by atoms with Crippen molar-refractivity contribution in [3.63, 3.8) is 0 Å². The predicted molar refractivity (Wildman–Crippen MR) is 95.4 cm³/mol. The van der Waals surface area contributed by atoms with Crippen molar-refractivity contribution in [2.75, 3.05) is 18.8 Å². The van der Waals surface area contributed by atoms with Crippen molar-refractivity contribution >= 4 is 41.1 Å². The fraction of sp³-hybridized carbons (Fsp3) is 0.562. The van der Waals surface area contributed by atoms with Gasteiger partial charge in [0, 0.05) is 27.2 Å². The van der Waals surface area contributed by atoms with Crippen LogP contribution in [0.1, 0.15) is 23.2 Å². The molecule has 1 nitrogen and oxygen atoms in total. The van der Waals surface area contributed by atoms with Crippen LogP contribution in [0.3, 0.4) is 0 Å². The van der Waals surface area contributed by atoms with Crippen molar-refractivity contribution in [3.05, 3.63) is 35.9 Å². The van der Waals surface area contributed by atoms with Crippen molar-refractivity contribution in [1.29, 1.82) is 0 Å². The smallest absolute Gasteiger partial charge is 0.168 e. The summed E-state index contributed by atoms with van der Waals surface area (Å²) in [5.74, 6) is 0.495. The van der Waals surface area contributed by atoms with Gasteiger partial charge in [0.1, 0.15) is 0 Å². The highest BCUT2D eigenvalue weighted by molar-refractivity contribution is 8.01. The molecule has 1 aliphatic rings. The van der Waals surface area contributed by atoms with Gasteiger partial charge in [-0.15, -0.1) is 0 Å². The normalized spacial score (nSPS) is 30.1. The first-order valence-electron chi connectivity index (χ1n) is 6.88. The molecular formula is C16H22OS3. The summed E-state index contributed by atoms with van der Waals surface area (Å²) < 4.78 is 0. The molecule has 0 amide bonds. The van der Waals surface area contributed by atoms with Crippen LogP contribution in [0.15, 0.2) is 30.3 Å². The van der Waals surface area contributed by atoms with Crippen LogP contribution in [0.25, 0.3) is 0 Å². The zero-order chi connectivity index (χ0) is 14.5. The van der Waals surface area contributed by atoms with E-state index in [0.29, 0.717) is 21.5 Å². The lowest BCUT2D eigenvalue weighted by molar-refractivity contribution is 0.0902. The largest absolute Gasteiger partial charge is 0.294 e. The maximum atomic E-state index is 12.9. The summed E-state index contributed by atoms with van der Waals surface area (Å²) in [6.07, 6.45) is 8.80. The highest BCUT2D eigenvalue weighted by atomic mass is 32.2. The quantitative estimate of drug-likeness (QED) is 0.742. The fourth-order valence-electron chi connectivity index (χ4n) is 2.96. The zero-order valence-electron chi connectivity index (χ0n) is 12.2. The monoisotopic (exact) mass is 326 g/mol. The van der Waals surface area contributed by atoms with Crippen LogP contribution in [0, 0.1) is 5.92 Å². The highest BCUT2D eigenvalue weighted by Gasteiger charge is 2.41. The lowest BCUT2D eigenvalue weighted by atomic mass is 9.82. The Kier molecular flexibility index (Phi) is 6.37. The van der Waals surface area contributed by atoms with Crippen LogP contribution in [-0.2, 0) is 0 Å². The third-order valence-electron chi connectivity index (χ3n) is 4.09. The molecule has 0 heterocycles. The molecule has 0 aromatic heterocycles. The average Bonchev–Trinajstić information content (AvgIpc) is 2.53. The Balaban J connectivity index is 2.24. The molecule has 4 heteroatoms. The summed E-state index contributed by atoms with van der Waals surface area (Å²) in [5.41, 5.74) is 0.873. The summed E-state index contributed by atoms with van der Waals surface area (Å²) in [7, 11) is 0. The zero-order valence-corrected chi connectivity index (χ0v) is 14.7. The van der Waals surface area contributed by atoms with Gasteiger partial charge in [-0.1, -0.05) is 30.3 Å². The Morgan fingerprint density at radius 2 is 1.50 bits per heavy atom. The molecule has 1 aromatic carbocycles. The van der Waals surface area contributed by atoms with Crippen molar-refractivity contribution < 1.29 is 4.79 Å². The van der Waals surface area contributed by atoms with Gasteiger partial charge in [0.2, 0.25) is 0 Å². The second-order valence-corrected chi connectivity index (χ2v) is 8.43. The number of hydrogen-bond donors (Lipinski definition) is 0. The average molecular weight is 327 g/mol. The van der Waals surface area contributed by atoms with Crippen LogP contribution >= 0.6 is 35.3 Å². The third-order valence-corrected chi connectivity index (χ3v) is 7.33. The van der Waals surface area contributed by atoms with Gasteiger partial charge in [0.25, 0.3) is 0 Å². The molecule has 2 atom stereocenters. The molecule has 1 aliphatic carbocycles. The molecule has 1 saturated carbocycles. The van der Waals surface area contributed by atoms with E-state index in [1.807, 2.05) is 65.6 Å². The molecule has 1 aromatic rings. The van der Waals surface area contributed by atoms with Gasteiger partial charge in [0.15, 0.2) is 5.78 Å². The summed E-state index contributed by atoms with van der Waals surface area (Å²) in [6, 6.07) is 9.81. The minimum Gasteiger partial charge on any atom is -0.294 e. The minimum absolute atomic E-state index is 0.158. The van der Waals surface area contributed by atoms with E-state index in [2.05, 4.69) is 18.8 Å². The van der Waals surface area contributed by atoms with Crippen LogP contribution in [0.5, 0.6) is 0 Å². The Morgan fingerprint density at radius 3 is 1.95 bits per heavy atom. The van der Waals surface area contributed by atoms with Gasteiger partial charge in [-0.3, -0.25) is 4.79 Å². The van der Waals surface area contributed by atoms with Crippen LogP contribution in [0.2, 0.25) is 0 Å². The Bertz CT molecular complexity index is 421. The molecule has 0 spiro atoms. The molecule has 1 fully saturated rings. The molecule has 0 saturated heterocycles. The lowest BCUT2D eigenvalue weighted by Gasteiger charge is -2.39. The molecule has 2 unspecified atom stereocenters. The van der Waals surface area contributed by atoms with Gasteiger partial charge in [-0.2, -0.15) is 35.3 Å². The van der Waals surface area contributed by atoms with Gasteiger partial charge in [0.05, 0.1) is 0 Å². The number of hydrogen-bond acceptors (Lipinski definition) is 4. The van der Waals surface area contributed by atoms with Gasteiger partial charge in [-0.25, -0.2) is 0 Å². The van der Waals surface area contributed by atoms with Crippen LogP contribution in [0.4, 0.5) is 0 Å². The second kappa shape index (κ2) is 7.81. The summed E-state index contributed by atoms with van der Waals surface area (Å²) in [4.78, 5) is 12.9. The Hall–Kier alpha value is -0.0600. The third kappa shape index (κ3) is 3.58. The lowest BCUT2D eigenvalue weighted by Crippen LogP contribution is -2.42. The van der Waals surface area contributed by atoms with Crippen molar-refractivity contribution in [2.24, 2.45) is 5.92 Å². The number of carbonyl (C=O) groups excluding carboxylic acids is 1.